The van der Waals surface area contributed by atoms with Crippen molar-refractivity contribution in [1.82, 2.24) is 10.2 Å². The predicted molar refractivity (Wildman–Crippen MR) is 71.3 cm³/mol. The molecule has 1 unspecified atom stereocenters. The van der Waals surface area contributed by atoms with Gasteiger partial charge in [-0.25, -0.2) is 0 Å². The van der Waals surface area contributed by atoms with Crippen LogP contribution in [0.1, 0.15) is 38.5 Å². The van der Waals surface area contributed by atoms with E-state index in [0.29, 0.717) is 0 Å². The standard InChI is InChI=1S/C14H28N2O/c1-17-11-5-8-15-12-13-6-4-10-16-9-3-2-7-14(13)16/h13-15H,2-12H2,1H3/t13-,14?/m0/s1. The van der Waals surface area contributed by atoms with Crippen molar-refractivity contribution in [1.29, 1.82) is 0 Å². The van der Waals surface area contributed by atoms with E-state index in [1.165, 1.54) is 51.7 Å². The van der Waals surface area contributed by atoms with Crippen molar-refractivity contribution in [2.75, 3.05) is 39.9 Å². The molecule has 2 fully saturated rings. The van der Waals surface area contributed by atoms with Crippen molar-refractivity contribution in [3.05, 3.63) is 0 Å². The van der Waals surface area contributed by atoms with Gasteiger partial charge in [0, 0.05) is 19.8 Å². The molecule has 0 aromatic rings. The first-order valence-corrected chi connectivity index (χ1v) is 7.35. The number of nitrogens with zero attached hydrogens (tertiary/aromatic N) is 1. The highest BCUT2D eigenvalue weighted by atomic mass is 16.5. The molecule has 2 aliphatic rings. The van der Waals surface area contributed by atoms with E-state index >= 15 is 0 Å². The summed E-state index contributed by atoms with van der Waals surface area (Å²) in [4.78, 5) is 2.74. The Morgan fingerprint density at radius 3 is 2.94 bits per heavy atom. The van der Waals surface area contributed by atoms with Crippen LogP contribution < -0.4 is 5.32 Å². The molecule has 3 heteroatoms. The maximum absolute atomic E-state index is 5.07. The highest BCUT2D eigenvalue weighted by Crippen LogP contribution is 2.30. The summed E-state index contributed by atoms with van der Waals surface area (Å²) in [7, 11) is 1.78. The van der Waals surface area contributed by atoms with Gasteiger partial charge in [-0.3, -0.25) is 0 Å². The predicted octanol–water partition coefficient (Wildman–Crippen LogP) is 1.88. The molecule has 0 bridgehead atoms. The van der Waals surface area contributed by atoms with E-state index in [1.807, 2.05) is 0 Å². The van der Waals surface area contributed by atoms with Crippen molar-refractivity contribution in [3.63, 3.8) is 0 Å². The third kappa shape index (κ3) is 3.94. The molecule has 2 rings (SSSR count). The molecule has 0 aromatic carbocycles. The van der Waals surface area contributed by atoms with Crippen LogP contribution >= 0.6 is 0 Å². The lowest BCUT2D eigenvalue weighted by Crippen LogP contribution is -2.50. The molecule has 0 aromatic heterocycles. The second-order valence-corrected chi connectivity index (χ2v) is 5.55. The van der Waals surface area contributed by atoms with E-state index in [-0.39, 0.29) is 0 Å². The zero-order chi connectivity index (χ0) is 11.9. The van der Waals surface area contributed by atoms with Gasteiger partial charge in [0.2, 0.25) is 0 Å². The summed E-state index contributed by atoms with van der Waals surface area (Å²) in [5.41, 5.74) is 0. The van der Waals surface area contributed by atoms with Crippen LogP contribution in [0, 0.1) is 5.92 Å². The average Bonchev–Trinajstić information content (AvgIpc) is 2.39. The third-order valence-electron chi connectivity index (χ3n) is 4.34. The summed E-state index contributed by atoms with van der Waals surface area (Å²) in [6.07, 6.45) is 8.27. The molecule has 100 valence electrons. The molecule has 0 saturated carbocycles. The van der Waals surface area contributed by atoms with Gasteiger partial charge in [-0.15, -0.1) is 0 Å². The minimum atomic E-state index is 0.882. The lowest BCUT2D eigenvalue weighted by atomic mass is 9.83. The zero-order valence-corrected chi connectivity index (χ0v) is 11.3. The van der Waals surface area contributed by atoms with E-state index < -0.39 is 0 Å². The van der Waals surface area contributed by atoms with E-state index in [9.17, 15) is 0 Å². The van der Waals surface area contributed by atoms with Gasteiger partial charge in [-0.05, 0) is 64.2 Å². The molecular formula is C14H28N2O. The molecule has 0 aliphatic carbocycles. The number of hydrogen-bond donors (Lipinski definition) is 1. The van der Waals surface area contributed by atoms with E-state index in [0.717, 1.165) is 31.5 Å². The smallest absolute Gasteiger partial charge is 0.0474 e. The Hall–Kier alpha value is -0.120. The maximum Gasteiger partial charge on any atom is 0.0474 e. The van der Waals surface area contributed by atoms with Crippen molar-refractivity contribution in [2.24, 2.45) is 5.92 Å². The first kappa shape index (κ1) is 13.3. The molecule has 17 heavy (non-hydrogen) atoms. The topological polar surface area (TPSA) is 24.5 Å². The Balaban J connectivity index is 1.67. The second kappa shape index (κ2) is 7.34. The number of methoxy groups -OCH3 is 1. The first-order chi connectivity index (χ1) is 8.42. The Labute approximate surface area is 106 Å². The highest BCUT2D eigenvalue weighted by molar-refractivity contribution is 4.87. The summed E-state index contributed by atoms with van der Waals surface area (Å²) in [5.74, 6) is 0.895. The normalized spacial score (nSPS) is 30.2. The third-order valence-corrected chi connectivity index (χ3v) is 4.34. The number of fused-ring (bicyclic) bond motifs is 1. The van der Waals surface area contributed by atoms with Gasteiger partial charge in [0.05, 0.1) is 0 Å². The van der Waals surface area contributed by atoms with E-state index in [2.05, 4.69) is 10.2 Å². The number of rotatable bonds is 6. The zero-order valence-electron chi connectivity index (χ0n) is 11.3. The molecule has 1 N–H and O–H groups in total. The van der Waals surface area contributed by atoms with Crippen molar-refractivity contribution in [2.45, 2.75) is 44.6 Å². The van der Waals surface area contributed by atoms with Crippen molar-refractivity contribution in [3.8, 4) is 0 Å². The molecular weight excluding hydrogens is 212 g/mol. The number of piperidine rings is 2. The molecule has 0 spiro atoms. The Bertz CT molecular complexity index is 208. The van der Waals surface area contributed by atoms with Gasteiger partial charge in [-0.2, -0.15) is 0 Å². The molecule has 2 aliphatic heterocycles. The Morgan fingerprint density at radius 1 is 1.18 bits per heavy atom. The molecule has 2 saturated heterocycles. The van der Waals surface area contributed by atoms with Crippen LogP contribution in [0.4, 0.5) is 0 Å². The second-order valence-electron chi connectivity index (χ2n) is 5.55. The number of hydrogen-bond acceptors (Lipinski definition) is 3. The number of nitrogens with one attached hydrogen (secondary N) is 1. The fraction of sp³-hybridized carbons (Fsp3) is 1.00. The Kier molecular flexibility index (Phi) is 5.75. The molecule has 0 radical (unpaired) electrons. The largest absolute Gasteiger partial charge is 0.385 e. The van der Waals surface area contributed by atoms with Gasteiger partial charge >= 0.3 is 0 Å². The van der Waals surface area contributed by atoms with Gasteiger partial charge in [0.25, 0.3) is 0 Å². The van der Waals surface area contributed by atoms with Gasteiger partial charge < -0.3 is 15.0 Å². The van der Waals surface area contributed by atoms with Crippen LogP contribution in [-0.4, -0.2) is 50.8 Å². The SMILES string of the molecule is COCCCNC[C@@H]1CCCN2CCCCC12. The van der Waals surface area contributed by atoms with Crippen LogP contribution in [0.25, 0.3) is 0 Å². The van der Waals surface area contributed by atoms with Crippen LogP contribution in [0.15, 0.2) is 0 Å². The maximum atomic E-state index is 5.07. The van der Waals surface area contributed by atoms with Crippen molar-refractivity contribution < 1.29 is 4.74 Å². The quantitative estimate of drug-likeness (QED) is 0.717. The molecule has 2 atom stereocenters. The van der Waals surface area contributed by atoms with E-state index in [4.69, 9.17) is 4.74 Å². The summed E-state index contributed by atoms with van der Waals surface area (Å²) in [5, 5.41) is 3.62. The van der Waals surface area contributed by atoms with Crippen LogP contribution in [0.2, 0.25) is 0 Å². The van der Waals surface area contributed by atoms with Crippen LogP contribution in [0.5, 0.6) is 0 Å². The first-order valence-electron chi connectivity index (χ1n) is 7.35. The fourth-order valence-electron chi connectivity index (χ4n) is 3.44. The molecule has 0 amide bonds. The monoisotopic (exact) mass is 240 g/mol. The molecule has 2 heterocycles. The van der Waals surface area contributed by atoms with Crippen LogP contribution in [0.3, 0.4) is 0 Å². The number of ether oxygens (including phenoxy) is 1. The summed E-state index contributed by atoms with van der Waals surface area (Å²) in [6, 6.07) is 0.882. The minimum Gasteiger partial charge on any atom is -0.385 e. The minimum absolute atomic E-state index is 0.882. The van der Waals surface area contributed by atoms with E-state index in [1.54, 1.807) is 7.11 Å². The summed E-state index contributed by atoms with van der Waals surface area (Å²) in [6.45, 7) is 5.91. The lowest BCUT2D eigenvalue weighted by molar-refractivity contribution is 0.0593. The Morgan fingerprint density at radius 2 is 2.06 bits per heavy atom. The lowest BCUT2D eigenvalue weighted by Gasteiger charge is -2.44. The fourth-order valence-corrected chi connectivity index (χ4v) is 3.44. The molecule has 3 nitrogen and oxygen atoms in total. The van der Waals surface area contributed by atoms with Crippen LogP contribution in [-0.2, 0) is 4.74 Å². The summed E-state index contributed by atoms with van der Waals surface area (Å²) < 4.78 is 5.07. The van der Waals surface area contributed by atoms with Gasteiger partial charge in [-0.1, -0.05) is 6.42 Å². The summed E-state index contributed by atoms with van der Waals surface area (Å²) >= 11 is 0. The van der Waals surface area contributed by atoms with Gasteiger partial charge in [0.15, 0.2) is 0 Å². The average molecular weight is 240 g/mol. The highest BCUT2D eigenvalue weighted by Gasteiger charge is 2.32. The van der Waals surface area contributed by atoms with Gasteiger partial charge in [0.1, 0.15) is 0 Å². The van der Waals surface area contributed by atoms with Crippen molar-refractivity contribution >= 4 is 0 Å².